The van der Waals surface area contributed by atoms with E-state index in [1.807, 2.05) is 48.5 Å². The zero-order chi connectivity index (χ0) is 19.0. The second-order valence-electron chi connectivity index (χ2n) is 5.74. The third kappa shape index (κ3) is 4.57. The number of ether oxygens (including phenoxy) is 3. The van der Waals surface area contributed by atoms with Gasteiger partial charge in [-0.15, -0.1) is 20.5 Å². The summed E-state index contributed by atoms with van der Waals surface area (Å²) in [6, 6.07) is 14.8. The molecule has 3 aromatic rings. The Balaban J connectivity index is 1.61. The fourth-order valence-electron chi connectivity index (χ4n) is 2.46. The molecule has 2 heterocycles. The largest absolute Gasteiger partial charge is 0.489 e. The molecule has 0 unspecified atom stereocenters. The van der Waals surface area contributed by atoms with Crippen molar-refractivity contribution in [2.75, 3.05) is 26.4 Å². The number of para-hydroxylation sites is 2. The van der Waals surface area contributed by atoms with Crippen molar-refractivity contribution >= 4 is 23.1 Å². The van der Waals surface area contributed by atoms with Crippen LogP contribution in [0.15, 0.2) is 75.2 Å². The quantitative estimate of drug-likeness (QED) is 0.592. The van der Waals surface area contributed by atoms with Crippen LogP contribution in [0.2, 0.25) is 0 Å². The SMILES string of the molecule is c1ccc2c(c1)N=Nc1cnc([nH]1)N=Nc1ccccc1OCCOCCO2. The summed E-state index contributed by atoms with van der Waals surface area (Å²) in [5.41, 5.74) is 1.21. The molecule has 0 amide bonds. The normalized spacial score (nSPS) is 14.7. The molecule has 2 bridgehead atoms. The van der Waals surface area contributed by atoms with Crippen LogP contribution in [-0.4, -0.2) is 36.4 Å². The van der Waals surface area contributed by atoms with Crippen molar-refractivity contribution in [2.24, 2.45) is 20.5 Å². The van der Waals surface area contributed by atoms with Crippen molar-refractivity contribution in [1.82, 2.24) is 9.97 Å². The molecule has 1 N–H and O–H groups in total. The van der Waals surface area contributed by atoms with Gasteiger partial charge in [0, 0.05) is 0 Å². The second-order valence-corrected chi connectivity index (χ2v) is 5.74. The minimum Gasteiger partial charge on any atom is -0.489 e. The van der Waals surface area contributed by atoms with Crippen molar-refractivity contribution in [2.45, 2.75) is 0 Å². The number of rotatable bonds is 0. The number of fused-ring (bicyclic) bond motifs is 4. The maximum absolute atomic E-state index is 5.75. The number of imidazole rings is 1. The van der Waals surface area contributed by atoms with E-state index < -0.39 is 0 Å². The van der Waals surface area contributed by atoms with Gasteiger partial charge in [0.25, 0.3) is 0 Å². The van der Waals surface area contributed by atoms with E-state index in [9.17, 15) is 0 Å². The van der Waals surface area contributed by atoms with Gasteiger partial charge in [0.05, 0.1) is 19.4 Å². The number of nitrogens with zero attached hydrogens (tertiary/aromatic N) is 5. The van der Waals surface area contributed by atoms with E-state index in [4.69, 9.17) is 14.2 Å². The van der Waals surface area contributed by atoms with E-state index in [0.717, 1.165) is 0 Å². The first-order valence-electron chi connectivity index (χ1n) is 8.78. The van der Waals surface area contributed by atoms with E-state index in [-0.39, 0.29) is 0 Å². The van der Waals surface area contributed by atoms with E-state index >= 15 is 0 Å². The van der Waals surface area contributed by atoms with E-state index in [1.165, 1.54) is 6.20 Å². The van der Waals surface area contributed by atoms with Gasteiger partial charge in [-0.1, -0.05) is 24.3 Å². The third-order valence-corrected chi connectivity index (χ3v) is 3.77. The predicted octanol–water partition coefficient (Wildman–Crippen LogP) is 5.03. The van der Waals surface area contributed by atoms with E-state index in [2.05, 4.69) is 30.4 Å². The van der Waals surface area contributed by atoms with Crippen LogP contribution in [0.25, 0.3) is 0 Å². The monoisotopic (exact) mass is 378 g/mol. The van der Waals surface area contributed by atoms with E-state index in [1.54, 1.807) is 0 Å². The van der Waals surface area contributed by atoms with Crippen LogP contribution in [-0.2, 0) is 4.74 Å². The first-order chi connectivity index (χ1) is 13.9. The Morgan fingerprint density at radius 1 is 0.679 bits per heavy atom. The Hall–Kier alpha value is -3.59. The molecule has 0 atom stereocenters. The molecule has 4 rings (SSSR count). The Morgan fingerprint density at radius 3 is 1.96 bits per heavy atom. The number of nitrogens with one attached hydrogen (secondary N) is 1. The van der Waals surface area contributed by atoms with Gasteiger partial charge in [-0.05, 0) is 24.3 Å². The molecular formula is C19H18N6O3. The van der Waals surface area contributed by atoms with Crippen molar-refractivity contribution in [3.05, 3.63) is 54.7 Å². The molecule has 1 aliphatic heterocycles. The molecule has 9 heteroatoms. The first-order valence-corrected chi connectivity index (χ1v) is 8.78. The molecule has 0 radical (unpaired) electrons. The van der Waals surface area contributed by atoms with Gasteiger partial charge in [0.15, 0.2) is 5.82 Å². The number of aromatic amines is 1. The van der Waals surface area contributed by atoms with Crippen LogP contribution in [0, 0.1) is 0 Å². The minimum absolute atomic E-state index is 0.317. The highest BCUT2D eigenvalue weighted by Crippen LogP contribution is 2.30. The Bertz CT molecular complexity index is 909. The fraction of sp³-hybridized carbons (Fsp3) is 0.211. The summed E-state index contributed by atoms with van der Waals surface area (Å²) in [7, 11) is 0. The van der Waals surface area contributed by atoms with Gasteiger partial charge in [0.1, 0.15) is 36.1 Å². The molecule has 1 aromatic heterocycles. The van der Waals surface area contributed by atoms with Crippen molar-refractivity contribution in [3.63, 3.8) is 0 Å². The van der Waals surface area contributed by atoms with Crippen LogP contribution < -0.4 is 9.47 Å². The maximum atomic E-state index is 5.75. The standard InChI is InChI=1S/C19H18N6O3/c1-3-7-16-14(5-1)22-24-18-13-20-19(21-18)25-23-15-6-2-4-8-17(15)28-12-10-26-9-11-27-16/h1-8,13H,9-12H2,(H,20,21). The maximum Gasteiger partial charge on any atom is 0.248 e. The minimum atomic E-state index is 0.317. The van der Waals surface area contributed by atoms with Crippen molar-refractivity contribution in [3.8, 4) is 11.5 Å². The molecule has 0 aliphatic carbocycles. The zero-order valence-electron chi connectivity index (χ0n) is 15.0. The summed E-state index contributed by atoms with van der Waals surface area (Å²) in [5.74, 6) is 2.02. The Kier molecular flexibility index (Phi) is 5.64. The van der Waals surface area contributed by atoms with Gasteiger partial charge in [-0.2, -0.15) is 0 Å². The molecule has 9 nitrogen and oxygen atoms in total. The molecule has 28 heavy (non-hydrogen) atoms. The highest BCUT2D eigenvalue weighted by molar-refractivity contribution is 5.52. The number of hydrogen-bond donors (Lipinski definition) is 1. The van der Waals surface area contributed by atoms with Crippen LogP contribution in [0.4, 0.5) is 23.1 Å². The van der Waals surface area contributed by atoms with Gasteiger partial charge < -0.3 is 19.2 Å². The summed E-state index contributed by atoms with van der Waals surface area (Å²) in [5, 5.41) is 16.7. The molecule has 0 fully saturated rings. The summed E-state index contributed by atoms with van der Waals surface area (Å²) in [6.45, 7) is 1.64. The summed E-state index contributed by atoms with van der Waals surface area (Å²) >= 11 is 0. The molecule has 1 aliphatic rings. The highest BCUT2D eigenvalue weighted by Gasteiger charge is 2.06. The molecule has 0 spiro atoms. The number of benzene rings is 2. The summed E-state index contributed by atoms with van der Waals surface area (Å²) < 4.78 is 17.0. The van der Waals surface area contributed by atoms with Crippen molar-refractivity contribution in [1.29, 1.82) is 0 Å². The lowest BCUT2D eigenvalue weighted by atomic mass is 10.3. The molecular weight excluding hydrogens is 360 g/mol. The lowest BCUT2D eigenvalue weighted by Gasteiger charge is -2.10. The number of H-pyrrole nitrogens is 1. The lowest BCUT2D eigenvalue weighted by molar-refractivity contribution is 0.0767. The zero-order valence-corrected chi connectivity index (χ0v) is 15.0. The van der Waals surface area contributed by atoms with Gasteiger partial charge in [-0.3, -0.25) is 0 Å². The lowest BCUT2D eigenvalue weighted by Crippen LogP contribution is -2.12. The molecule has 142 valence electrons. The average Bonchev–Trinajstić information content (AvgIpc) is 3.19. The second kappa shape index (κ2) is 8.87. The fourth-order valence-corrected chi connectivity index (χ4v) is 2.46. The smallest absolute Gasteiger partial charge is 0.248 e. The third-order valence-electron chi connectivity index (χ3n) is 3.77. The Labute approximate surface area is 161 Å². The highest BCUT2D eigenvalue weighted by atomic mass is 16.5. The number of aromatic nitrogens is 2. The van der Waals surface area contributed by atoms with Crippen LogP contribution in [0.3, 0.4) is 0 Å². The van der Waals surface area contributed by atoms with E-state index in [0.29, 0.717) is 61.1 Å². The molecule has 0 saturated carbocycles. The number of azo groups is 2. The Morgan fingerprint density at radius 2 is 1.29 bits per heavy atom. The van der Waals surface area contributed by atoms with Crippen LogP contribution in [0.1, 0.15) is 0 Å². The summed E-state index contributed by atoms with van der Waals surface area (Å²) in [4.78, 5) is 7.09. The first kappa shape index (κ1) is 17.8. The van der Waals surface area contributed by atoms with Crippen molar-refractivity contribution < 1.29 is 14.2 Å². The summed E-state index contributed by atoms with van der Waals surface area (Å²) in [6.07, 6.45) is 1.53. The van der Waals surface area contributed by atoms with Crippen LogP contribution >= 0.6 is 0 Å². The average molecular weight is 378 g/mol. The molecule has 0 saturated heterocycles. The van der Waals surface area contributed by atoms with Gasteiger partial charge in [0.2, 0.25) is 5.95 Å². The van der Waals surface area contributed by atoms with Gasteiger partial charge >= 0.3 is 0 Å². The topological polar surface area (TPSA) is 106 Å². The number of hydrogen-bond acceptors (Lipinski definition) is 8. The van der Waals surface area contributed by atoms with Gasteiger partial charge in [-0.25, -0.2) is 4.98 Å². The predicted molar refractivity (Wildman–Crippen MR) is 102 cm³/mol. The molecule has 2 aromatic carbocycles. The van der Waals surface area contributed by atoms with Crippen LogP contribution in [0.5, 0.6) is 11.5 Å².